The van der Waals surface area contributed by atoms with Crippen molar-refractivity contribution in [2.75, 3.05) is 7.11 Å². The molecule has 0 spiro atoms. The van der Waals surface area contributed by atoms with Gasteiger partial charge in [0.15, 0.2) is 0 Å². The zero-order valence-corrected chi connectivity index (χ0v) is 11.3. The van der Waals surface area contributed by atoms with Gasteiger partial charge >= 0.3 is 0 Å². The lowest BCUT2D eigenvalue weighted by Gasteiger charge is -1.97. The number of hydrogen-bond acceptors (Lipinski definition) is 4. The Kier molecular flexibility index (Phi) is 3.09. The molecule has 3 nitrogen and oxygen atoms in total. The normalized spacial score (nSPS) is 10.8. The molecule has 0 saturated heterocycles. The van der Waals surface area contributed by atoms with Crippen molar-refractivity contribution in [2.24, 2.45) is 0 Å². The maximum absolute atomic E-state index is 9.27. The predicted octanol–water partition coefficient (Wildman–Crippen LogP) is 3.60. The monoisotopic (exact) mass is 271 g/mol. The molecule has 0 unspecified atom stereocenters. The fourth-order valence-corrected chi connectivity index (χ4v) is 2.97. The first-order chi connectivity index (χ1) is 9.24. The van der Waals surface area contributed by atoms with Crippen LogP contribution >= 0.6 is 11.3 Å². The molecule has 1 heterocycles. The van der Waals surface area contributed by atoms with Gasteiger partial charge in [-0.25, -0.2) is 4.98 Å². The van der Waals surface area contributed by atoms with E-state index in [1.807, 2.05) is 30.3 Å². The van der Waals surface area contributed by atoms with Gasteiger partial charge in [0.25, 0.3) is 0 Å². The summed E-state index contributed by atoms with van der Waals surface area (Å²) >= 11 is 1.67. The van der Waals surface area contributed by atoms with Crippen molar-refractivity contribution in [3.63, 3.8) is 0 Å². The van der Waals surface area contributed by atoms with E-state index in [0.717, 1.165) is 33.0 Å². The van der Waals surface area contributed by atoms with E-state index in [1.165, 1.54) is 0 Å². The zero-order chi connectivity index (χ0) is 13.2. The Hall–Kier alpha value is -2.07. The van der Waals surface area contributed by atoms with Crippen LogP contribution in [0.4, 0.5) is 0 Å². The fraction of sp³-hybridized carbons (Fsp3) is 0.133. The molecule has 0 aliphatic rings. The molecule has 3 rings (SSSR count). The highest BCUT2D eigenvalue weighted by atomic mass is 32.1. The molecule has 2 aromatic carbocycles. The van der Waals surface area contributed by atoms with Gasteiger partial charge in [-0.1, -0.05) is 12.1 Å². The highest BCUT2D eigenvalue weighted by Crippen LogP contribution is 2.27. The second kappa shape index (κ2) is 4.90. The molecule has 1 N–H and O–H groups in total. The molecular formula is C15H13NO2S. The number of benzene rings is 2. The molecule has 0 saturated carbocycles. The maximum Gasteiger partial charge on any atom is 0.120 e. The van der Waals surface area contributed by atoms with Crippen LogP contribution in [0.2, 0.25) is 0 Å². The number of phenolic OH excluding ortho intramolecular Hbond substituents is 1. The van der Waals surface area contributed by atoms with Crippen LogP contribution in [0.5, 0.6) is 11.5 Å². The van der Waals surface area contributed by atoms with Crippen molar-refractivity contribution >= 4 is 21.6 Å². The lowest BCUT2D eigenvalue weighted by Crippen LogP contribution is -1.85. The van der Waals surface area contributed by atoms with E-state index >= 15 is 0 Å². The van der Waals surface area contributed by atoms with Crippen molar-refractivity contribution in [3.8, 4) is 11.5 Å². The number of aromatic hydroxyl groups is 1. The van der Waals surface area contributed by atoms with E-state index in [1.54, 1.807) is 30.6 Å². The summed E-state index contributed by atoms with van der Waals surface area (Å²) in [5, 5.41) is 10.3. The standard InChI is InChI=1S/C15H13NO2S/c1-18-12-6-7-13-14(9-12)19-15(16-13)8-10-2-4-11(17)5-3-10/h2-7,9,17H,8H2,1H3. The number of phenols is 1. The minimum Gasteiger partial charge on any atom is -0.508 e. The van der Waals surface area contributed by atoms with Gasteiger partial charge in [0.2, 0.25) is 0 Å². The van der Waals surface area contributed by atoms with Gasteiger partial charge in [0.05, 0.1) is 22.3 Å². The Labute approximate surface area is 115 Å². The summed E-state index contributed by atoms with van der Waals surface area (Å²) in [5.41, 5.74) is 2.14. The molecule has 0 aliphatic carbocycles. The van der Waals surface area contributed by atoms with Gasteiger partial charge in [-0.2, -0.15) is 0 Å². The predicted molar refractivity (Wildman–Crippen MR) is 77.1 cm³/mol. The van der Waals surface area contributed by atoms with Crippen molar-refractivity contribution in [2.45, 2.75) is 6.42 Å². The van der Waals surface area contributed by atoms with Gasteiger partial charge in [0.1, 0.15) is 11.5 Å². The first-order valence-electron chi connectivity index (χ1n) is 5.96. The topological polar surface area (TPSA) is 42.4 Å². The van der Waals surface area contributed by atoms with Crippen molar-refractivity contribution < 1.29 is 9.84 Å². The van der Waals surface area contributed by atoms with Gasteiger partial charge in [0, 0.05) is 6.42 Å². The van der Waals surface area contributed by atoms with E-state index in [-0.39, 0.29) is 5.75 Å². The summed E-state index contributed by atoms with van der Waals surface area (Å²) in [4.78, 5) is 4.61. The molecule has 0 aliphatic heterocycles. The summed E-state index contributed by atoms with van der Waals surface area (Å²) < 4.78 is 6.35. The van der Waals surface area contributed by atoms with E-state index in [9.17, 15) is 5.11 Å². The largest absolute Gasteiger partial charge is 0.508 e. The second-order valence-corrected chi connectivity index (χ2v) is 5.40. The minimum absolute atomic E-state index is 0.290. The van der Waals surface area contributed by atoms with Crippen LogP contribution in [0.3, 0.4) is 0 Å². The molecule has 19 heavy (non-hydrogen) atoms. The molecule has 3 aromatic rings. The number of fused-ring (bicyclic) bond motifs is 1. The summed E-state index contributed by atoms with van der Waals surface area (Å²) in [6, 6.07) is 13.1. The fourth-order valence-electron chi connectivity index (χ4n) is 1.94. The van der Waals surface area contributed by atoms with Crippen LogP contribution in [0.1, 0.15) is 10.6 Å². The Morgan fingerprint density at radius 2 is 1.95 bits per heavy atom. The van der Waals surface area contributed by atoms with E-state index in [4.69, 9.17) is 4.74 Å². The average Bonchev–Trinajstić information content (AvgIpc) is 2.82. The Morgan fingerprint density at radius 1 is 1.16 bits per heavy atom. The molecule has 96 valence electrons. The number of thiazole rings is 1. The Morgan fingerprint density at radius 3 is 2.68 bits per heavy atom. The summed E-state index contributed by atoms with van der Waals surface area (Å²) in [6.45, 7) is 0. The third-order valence-corrected chi connectivity index (χ3v) is 3.95. The van der Waals surface area contributed by atoms with E-state index in [2.05, 4.69) is 4.98 Å². The SMILES string of the molecule is COc1ccc2nc(Cc3ccc(O)cc3)sc2c1. The number of ether oxygens (including phenoxy) is 1. The first kappa shape index (κ1) is 12.0. The quantitative estimate of drug-likeness (QED) is 0.791. The Balaban J connectivity index is 1.90. The van der Waals surface area contributed by atoms with E-state index < -0.39 is 0 Å². The van der Waals surface area contributed by atoms with Crippen LogP contribution in [-0.2, 0) is 6.42 Å². The highest BCUT2D eigenvalue weighted by molar-refractivity contribution is 7.18. The molecule has 0 atom stereocenters. The highest BCUT2D eigenvalue weighted by Gasteiger charge is 2.06. The lowest BCUT2D eigenvalue weighted by molar-refractivity contribution is 0.415. The molecule has 0 bridgehead atoms. The number of nitrogens with zero attached hydrogens (tertiary/aromatic N) is 1. The molecule has 4 heteroatoms. The van der Waals surface area contributed by atoms with Gasteiger partial charge in [-0.15, -0.1) is 11.3 Å². The lowest BCUT2D eigenvalue weighted by atomic mass is 10.1. The van der Waals surface area contributed by atoms with Crippen LogP contribution in [0, 0.1) is 0 Å². The van der Waals surface area contributed by atoms with Crippen LogP contribution in [0.15, 0.2) is 42.5 Å². The zero-order valence-electron chi connectivity index (χ0n) is 10.5. The van der Waals surface area contributed by atoms with Gasteiger partial charge < -0.3 is 9.84 Å². The Bertz CT molecular complexity index is 704. The molecule has 0 radical (unpaired) electrons. The van der Waals surface area contributed by atoms with Crippen molar-refractivity contribution in [1.82, 2.24) is 4.98 Å². The average molecular weight is 271 g/mol. The number of hydrogen-bond donors (Lipinski definition) is 1. The molecular weight excluding hydrogens is 258 g/mol. The van der Waals surface area contributed by atoms with Crippen molar-refractivity contribution in [1.29, 1.82) is 0 Å². The summed E-state index contributed by atoms with van der Waals surface area (Å²) in [5.74, 6) is 1.14. The third-order valence-electron chi connectivity index (χ3n) is 2.93. The van der Waals surface area contributed by atoms with Crippen molar-refractivity contribution in [3.05, 3.63) is 53.0 Å². The first-order valence-corrected chi connectivity index (χ1v) is 6.77. The second-order valence-electron chi connectivity index (χ2n) is 4.28. The third kappa shape index (κ3) is 2.53. The number of methoxy groups -OCH3 is 1. The molecule has 1 aromatic heterocycles. The summed E-state index contributed by atoms with van der Waals surface area (Å²) in [6.07, 6.45) is 0.780. The smallest absolute Gasteiger partial charge is 0.120 e. The molecule has 0 amide bonds. The maximum atomic E-state index is 9.27. The van der Waals surface area contributed by atoms with Crippen LogP contribution < -0.4 is 4.74 Å². The summed E-state index contributed by atoms with van der Waals surface area (Å²) in [7, 11) is 1.67. The number of aromatic nitrogens is 1. The van der Waals surface area contributed by atoms with Crippen LogP contribution in [-0.4, -0.2) is 17.2 Å². The van der Waals surface area contributed by atoms with Crippen LogP contribution in [0.25, 0.3) is 10.2 Å². The van der Waals surface area contributed by atoms with Gasteiger partial charge in [-0.3, -0.25) is 0 Å². The number of rotatable bonds is 3. The van der Waals surface area contributed by atoms with E-state index in [0.29, 0.717) is 0 Å². The minimum atomic E-state index is 0.290. The van der Waals surface area contributed by atoms with Gasteiger partial charge in [-0.05, 0) is 35.9 Å². The molecule has 0 fully saturated rings.